The van der Waals surface area contributed by atoms with Gasteiger partial charge in [0.2, 0.25) is 0 Å². The Morgan fingerprint density at radius 2 is 1.78 bits per heavy atom. The maximum absolute atomic E-state index is 13.0. The van der Waals surface area contributed by atoms with E-state index in [-0.39, 0.29) is 11.0 Å². The van der Waals surface area contributed by atoms with Crippen molar-refractivity contribution >= 4 is 27.5 Å². The van der Waals surface area contributed by atoms with Crippen molar-refractivity contribution in [3.05, 3.63) is 61.1 Å². The maximum atomic E-state index is 13.0. The van der Waals surface area contributed by atoms with E-state index in [4.69, 9.17) is 9.15 Å². The summed E-state index contributed by atoms with van der Waals surface area (Å²) in [6.07, 6.45) is 1.90. The van der Waals surface area contributed by atoms with Crippen LogP contribution in [0.25, 0.3) is 0 Å². The average molecular weight is 436 g/mol. The van der Waals surface area contributed by atoms with Crippen molar-refractivity contribution in [1.82, 2.24) is 0 Å². The Balaban J connectivity index is 2.43. The molecular formula is C21H26BrNO4. The largest absolute Gasteiger partial charge is 0.465 e. The predicted molar refractivity (Wildman–Crippen MR) is 111 cm³/mol. The molecule has 0 aliphatic heterocycles. The molecule has 0 radical (unpaired) electrons. The van der Waals surface area contributed by atoms with Gasteiger partial charge in [0.1, 0.15) is 17.1 Å². The van der Waals surface area contributed by atoms with Crippen LogP contribution < -0.4 is 10.7 Å². The van der Waals surface area contributed by atoms with Crippen molar-refractivity contribution in [2.24, 2.45) is 0 Å². The van der Waals surface area contributed by atoms with Gasteiger partial charge in [0.25, 0.3) is 5.91 Å². The van der Waals surface area contributed by atoms with E-state index in [2.05, 4.69) is 21.2 Å². The molecule has 146 valence electrons. The Morgan fingerprint density at radius 1 is 1.15 bits per heavy atom. The zero-order valence-corrected chi connectivity index (χ0v) is 17.9. The first-order valence-electron chi connectivity index (χ1n) is 9.25. The molecule has 0 saturated heterocycles. The van der Waals surface area contributed by atoms with Crippen LogP contribution in [0.15, 0.2) is 31.9 Å². The van der Waals surface area contributed by atoms with E-state index in [1.54, 1.807) is 6.92 Å². The fraction of sp³-hybridized carbons (Fsp3) is 0.429. The number of carbonyl (C=O) groups is 1. The van der Waals surface area contributed by atoms with Gasteiger partial charge in [-0.05, 0) is 49.9 Å². The molecule has 2 rings (SSSR count). The third-order valence-electron chi connectivity index (χ3n) is 4.32. The quantitative estimate of drug-likeness (QED) is 0.611. The Labute approximate surface area is 168 Å². The van der Waals surface area contributed by atoms with Crippen LogP contribution in [0.5, 0.6) is 0 Å². The lowest BCUT2D eigenvalue weighted by atomic mass is 10.0. The minimum absolute atomic E-state index is 0.0485. The summed E-state index contributed by atoms with van der Waals surface area (Å²) in [4.78, 5) is 25.5. The molecule has 0 bridgehead atoms. The molecule has 1 aromatic carbocycles. The van der Waals surface area contributed by atoms with Gasteiger partial charge in [-0.3, -0.25) is 9.59 Å². The van der Waals surface area contributed by atoms with Crippen molar-refractivity contribution < 1.29 is 13.9 Å². The van der Waals surface area contributed by atoms with Crippen LogP contribution in [0.4, 0.5) is 5.69 Å². The molecule has 27 heavy (non-hydrogen) atoms. The van der Waals surface area contributed by atoms with Crippen molar-refractivity contribution in [3.63, 3.8) is 0 Å². The fourth-order valence-electron chi connectivity index (χ4n) is 3.01. The van der Waals surface area contributed by atoms with Crippen LogP contribution in [0.1, 0.15) is 53.8 Å². The zero-order chi connectivity index (χ0) is 20.0. The second kappa shape index (κ2) is 9.85. The standard InChI is InChI=1S/C21H26BrNO4/c1-5-14-11-16(22)12-15(6-2)20(14)23-21(25)19-17(24)10-13(4)27-18(19)8-9-26-7-3/h10-12H,5-9H2,1-4H3,(H,23,25). The topological polar surface area (TPSA) is 68.5 Å². The van der Waals surface area contributed by atoms with Gasteiger partial charge in [0.05, 0.1) is 6.61 Å². The Hall–Kier alpha value is -1.92. The molecule has 0 aliphatic rings. The highest BCUT2D eigenvalue weighted by Crippen LogP contribution is 2.28. The summed E-state index contributed by atoms with van der Waals surface area (Å²) in [5, 5.41) is 2.96. The molecule has 1 N–H and O–H groups in total. The van der Waals surface area contributed by atoms with Crippen LogP contribution in [-0.2, 0) is 24.0 Å². The van der Waals surface area contributed by atoms with E-state index in [0.717, 1.165) is 34.1 Å². The average Bonchev–Trinajstić information content (AvgIpc) is 2.62. The predicted octanol–water partition coefficient (Wildman–Crippen LogP) is 4.67. The first-order valence-corrected chi connectivity index (χ1v) is 10.0. The molecule has 1 aromatic heterocycles. The van der Waals surface area contributed by atoms with Crippen LogP contribution in [0.2, 0.25) is 0 Å². The van der Waals surface area contributed by atoms with Crippen LogP contribution in [-0.4, -0.2) is 19.1 Å². The zero-order valence-electron chi connectivity index (χ0n) is 16.3. The highest BCUT2D eigenvalue weighted by molar-refractivity contribution is 9.10. The van der Waals surface area contributed by atoms with Gasteiger partial charge >= 0.3 is 0 Å². The SMILES string of the molecule is CCOCCc1oc(C)cc(=O)c1C(=O)Nc1c(CC)cc(Br)cc1CC. The minimum Gasteiger partial charge on any atom is -0.465 e. The summed E-state index contributed by atoms with van der Waals surface area (Å²) in [6, 6.07) is 5.33. The molecule has 5 nitrogen and oxygen atoms in total. The third kappa shape index (κ3) is 5.30. The van der Waals surface area contributed by atoms with Crippen molar-refractivity contribution in [2.75, 3.05) is 18.5 Å². The lowest BCUT2D eigenvalue weighted by Crippen LogP contribution is -2.25. The number of ether oxygens (including phenoxy) is 1. The van der Waals surface area contributed by atoms with E-state index in [0.29, 0.717) is 31.2 Å². The van der Waals surface area contributed by atoms with Gasteiger partial charge in [0, 0.05) is 29.3 Å². The van der Waals surface area contributed by atoms with Crippen LogP contribution in [0.3, 0.4) is 0 Å². The highest BCUT2D eigenvalue weighted by atomic mass is 79.9. The summed E-state index contributed by atoms with van der Waals surface area (Å²) in [7, 11) is 0. The molecule has 0 spiro atoms. The number of halogens is 1. The lowest BCUT2D eigenvalue weighted by Gasteiger charge is -2.16. The molecule has 0 unspecified atom stereocenters. The van der Waals surface area contributed by atoms with Crippen LogP contribution in [0, 0.1) is 6.92 Å². The van der Waals surface area contributed by atoms with Crippen molar-refractivity contribution in [3.8, 4) is 0 Å². The first-order chi connectivity index (χ1) is 12.9. The summed E-state index contributed by atoms with van der Waals surface area (Å²) < 4.78 is 12.0. The number of nitrogens with one attached hydrogen (secondary N) is 1. The minimum atomic E-state index is -0.443. The van der Waals surface area contributed by atoms with E-state index in [1.807, 2.05) is 32.9 Å². The molecule has 1 amide bonds. The van der Waals surface area contributed by atoms with Gasteiger partial charge < -0.3 is 14.5 Å². The number of amides is 1. The number of hydrogen-bond donors (Lipinski definition) is 1. The van der Waals surface area contributed by atoms with Crippen molar-refractivity contribution in [2.45, 2.75) is 47.0 Å². The van der Waals surface area contributed by atoms with Gasteiger partial charge in [-0.25, -0.2) is 0 Å². The summed E-state index contributed by atoms with van der Waals surface area (Å²) in [6.45, 7) is 8.62. The van der Waals surface area contributed by atoms with Gasteiger partial charge in [0.15, 0.2) is 5.43 Å². The second-order valence-electron chi connectivity index (χ2n) is 6.23. The molecule has 6 heteroatoms. The molecule has 0 fully saturated rings. The fourth-order valence-corrected chi connectivity index (χ4v) is 3.56. The van der Waals surface area contributed by atoms with Gasteiger partial charge in [-0.2, -0.15) is 0 Å². The molecule has 0 aliphatic carbocycles. The van der Waals surface area contributed by atoms with Crippen LogP contribution >= 0.6 is 15.9 Å². The van der Waals surface area contributed by atoms with Gasteiger partial charge in [-0.15, -0.1) is 0 Å². The number of anilines is 1. The smallest absolute Gasteiger partial charge is 0.263 e. The highest BCUT2D eigenvalue weighted by Gasteiger charge is 2.21. The number of hydrogen-bond acceptors (Lipinski definition) is 4. The Morgan fingerprint density at radius 3 is 2.33 bits per heavy atom. The molecule has 0 atom stereocenters. The van der Waals surface area contributed by atoms with E-state index < -0.39 is 5.91 Å². The van der Waals surface area contributed by atoms with E-state index in [9.17, 15) is 9.59 Å². The summed E-state index contributed by atoms with van der Waals surface area (Å²) in [5.41, 5.74) is 2.51. The number of carbonyl (C=O) groups excluding carboxylic acids is 1. The number of aryl methyl sites for hydroxylation is 3. The Kier molecular flexibility index (Phi) is 7.80. The molecular weight excluding hydrogens is 410 g/mol. The normalized spacial score (nSPS) is 10.9. The molecule has 0 saturated carbocycles. The van der Waals surface area contributed by atoms with Gasteiger partial charge in [-0.1, -0.05) is 29.8 Å². The summed E-state index contributed by atoms with van der Waals surface area (Å²) >= 11 is 3.51. The number of benzene rings is 1. The van der Waals surface area contributed by atoms with E-state index >= 15 is 0 Å². The first kappa shape index (κ1) is 21.4. The monoisotopic (exact) mass is 435 g/mol. The second-order valence-corrected chi connectivity index (χ2v) is 7.14. The third-order valence-corrected chi connectivity index (χ3v) is 4.77. The summed E-state index contributed by atoms with van der Waals surface area (Å²) in [5.74, 6) is 0.399. The number of rotatable bonds is 8. The lowest BCUT2D eigenvalue weighted by molar-refractivity contribution is 0.101. The Bertz CT molecular complexity index is 848. The maximum Gasteiger partial charge on any atom is 0.263 e. The van der Waals surface area contributed by atoms with Crippen molar-refractivity contribution in [1.29, 1.82) is 0 Å². The molecule has 1 heterocycles. The van der Waals surface area contributed by atoms with E-state index in [1.165, 1.54) is 6.07 Å². The molecule has 2 aromatic rings.